The summed E-state index contributed by atoms with van der Waals surface area (Å²) in [6.07, 6.45) is 3.75. The van der Waals surface area contributed by atoms with Crippen molar-refractivity contribution >= 4 is 5.78 Å². The quantitative estimate of drug-likeness (QED) is 0.683. The Bertz CT molecular complexity index is 223. The van der Waals surface area contributed by atoms with Gasteiger partial charge in [-0.15, -0.1) is 0 Å². The highest BCUT2D eigenvalue weighted by Crippen LogP contribution is 2.07. The lowest BCUT2D eigenvalue weighted by Gasteiger charge is -2.29. The van der Waals surface area contributed by atoms with Crippen molar-refractivity contribution < 1.29 is 4.79 Å². The Kier molecular flexibility index (Phi) is 4.29. The fourth-order valence-corrected chi connectivity index (χ4v) is 1.70. The van der Waals surface area contributed by atoms with Crippen molar-refractivity contribution in [2.45, 2.75) is 32.7 Å². The summed E-state index contributed by atoms with van der Waals surface area (Å²) in [5.74, 6) is 0.209. The standard InChI is InChI=1S/C11H20N2O/c1-9(2)7-11(14)8-13-5-3-10(12)4-6-13/h7,10H,3-6,8,12H2,1-2H3. The minimum absolute atomic E-state index is 0.209. The second-order valence-corrected chi connectivity index (χ2v) is 4.30. The normalized spacial score (nSPS) is 19.4. The maximum absolute atomic E-state index is 11.5. The topological polar surface area (TPSA) is 46.3 Å². The van der Waals surface area contributed by atoms with E-state index in [1.54, 1.807) is 6.08 Å². The summed E-state index contributed by atoms with van der Waals surface area (Å²) in [6, 6.07) is 0.338. The molecule has 1 fully saturated rings. The Labute approximate surface area is 86.0 Å². The van der Waals surface area contributed by atoms with Crippen LogP contribution in [0.3, 0.4) is 0 Å². The molecule has 0 spiro atoms. The molecule has 1 aliphatic rings. The Morgan fingerprint density at radius 3 is 2.50 bits per heavy atom. The van der Waals surface area contributed by atoms with E-state index in [1.165, 1.54) is 0 Å². The van der Waals surface area contributed by atoms with Crippen molar-refractivity contribution in [2.24, 2.45) is 5.73 Å². The van der Waals surface area contributed by atoms with Crippen LogP contribution < -0.4 is 5.73 Å². The number of likely N-dealkylation sites (tertiary alicyclic amines) is 1. The van der Waals surface area contributed by atoms with Crippen LogP contribution in [0.15, 0.2) is 11.6 Å². The lowest BCUT2D eigenvalue weighted by molar-refractivity contribution is -0.116. The molecule has 80 valence electrons. The van der Waals surface area contributed by atoms with E-state index in [9.17, 15) is 4.79 Å². The zero-order chi connectivity index (χ0) is 10.6. The summed E-state index contributed by atoms with van der Waals surface area (Å²) in [5.41, 5.74) is 6.86. The molecule has 0 atom stereocenters. The van der Waals surface area contributed by atoms with Crippen LogP contribution in [0.5, 0.6) is 0 Å². The molecule has 0 unspecified atom stereocenters. The molecule has 0 aromatic carbocycles. The monoisotopic (exact) mass is 196 g/mol. The molecule has 1 rings (SSSR count). The summed E-state index contributed by atoms with van der Waals surface area (Å²) in [6.45, 7) is 6.37. The first kappa shape index (κ1) is 11.4. The van der Waals surface area contributed by atoms with Gasteiger partial charge in [0.2, 0.25) is 0 Å². The lowest BCUT2D eigenvalue weighted by Crippen LogP contribution is -2.41. The Morgan fingerprint density at radius 1 is 1.43 bits per heavy atom. The van der Waals surface area contributed by atoms with Crippen LogP contribution in [-0.2, 0) is 4.79 Å². The van der Waals surface area contributed by atoms with E-state index in [1.807, 2.05) is 13.8 Å². The summed E-state index contributed by atoms with van der Waals surface area (Å²) in [7, 11) is 0. The molecule has 0 bridgehead atoms. The number of carbonyl (C=O) groups excluding carboxylic acids is 1. The SMILES string of the molecule is CC(C)=CC(=O)CN1CCC(N)CC1. The second-order valence-electron chi connectivity index (χ2n) is 4.30. The zero-order valence-corrected chi connectivity index (χ0v) is 9.12. The van der Waals surface area contributed by atoms with Gasteiger partial charge in [0.1, 0.15) is 0 Å². The van der Waals surface area contributed by atoms with Crippen LogP contribution >= 0.6 is 0 Å². The highest BCUT2D eigenvalue weighted by atomic mass is 16.1. The maximum atomic E-state index is 11.5. The molecular formula is C11H20N2O. The summed E-state index contributed by atoms with van der Waals surface area (Å²) in [5, 5.41) is 0. The summed E-state index contributed by atoms with van der Waals surface area (Å²) >= 11 is 0. The predicted molar refractivity (Wildman–Crippen MR) is 58.1 cm³/mol. The minimum Gasteiger partial charge on any atom is -0.328 e. The smallest absolute Gasteiger partial charge is 0.169 e. The number of ketones is 1. The molecule has 0 aliphatic carbocycles. The van der Waals surface area contributed by atoms with Gasteiger partial charge in [0.05, 0.1) is 6.54 Å². The predicted octanol–water partition coefficient (Wildman–Crippen LogP) is 0.945. The van der Waals surface area contributed by atoms with Gasteiger partial charge >= 0.3 is 0 Å². The Morgan fingerprint density at radius 2 is 2.00 bits per heavy atom. The van der Waals surface area contributed by atoms with E-state index >= 15 is 0 Å². The highest BCUT2D eigenvalue weighted by Gasteiger charge is 2.16. The minimum atomic E-state index is 0.209. The van der Waals surface area contributed by atoms with Crippen molar-refractivity contribution in [1.82, 2.24) is 4.90 Å². The van der Waals surface area contributed by atoms with Crippen molar-refractivity contribution in [1.29, 1.82) is 0 Å². The van der Waals surface area contributed by atoms with Crippen LogP contribution in [0.4, 0.5) is 0 Å². The fraction of sp³-hybridized carbons (Fsp3) is 0.727. The molecule has 0 amide bonds. The zero-order valence-electron chi connectivity index (χ0n) is 9.12. The number of allylic oxidation sites excluding steroid dienone is 1. The summed E-state index contributed by atoms with van der Waals surface area (Å²) in [4.78, 5) is 13.6. The van der Waals surface area contributed by atoms with Gasteiger partial charge in [-0.1, -0.05) is 5.57 Å². The largest absolute Gasteiger partial charge is 0.328 e. The molecule has 3 heteroatoms. The first-order chi connectivity index (χ1) is 6.58. The van der Waals surface area contributed by atoms with Gasteiger partial charge in [-0.3, -0.25) is 9.69 Å². The number of nitrogens with zero attached hydrogens (tertiary/aromatic N) is 1. The first-order valence-electron chi connectivity index (χ1n) is 5.23. The van der Waals surface area contributed by atoms with Gasteiger partial charge in [0.15, 0.2) is 5.78 Å². The van der Waals surface area contributed by atoms with Crippen LogP contribution in [-0.4, -0.2) is 36.4 Å². The van der Waals surface area contributed by atoms with E-state index in [0.29, 0.717) is 12.6 Å². The van der Waals surface area contributed by atoms with Crippen LogP contribution in [0.2, 0.25) is 0 Å². The third-order valence-corrected chi connectivity index (χ3v) is 2.46. The number of nitrogens with two attached hydrogens (primary N) is 1. The van der Waals surface area contributed by atoms with E-state index in [-0.39, 0.29) is 5.78 Å². The van der Waals surface area contributed by atoms with Crippen molar-refractivity contribution in [3.05, 3.63) is 11.6 Å². The van der Waals surface area contributed by atoms with Gasteiger partial charge in [-0.05, 0) is 32.8 Å². The van der Waals surface area contributed by atoms with Gasteiger partial charge in [0, 0.05) is 19.1 Å². The highest BCUT2D eigenvalue weighted by molar-refractivity contribution is 5.91. The Hall–Kier alpha value is -0.670. The molecule has 0 aromatic heterocycles. The number of rotatable bonds is 3. The average molecular weight is 196 g/mol. The lowest BCUT2D eigenvalue weighted by atomic mass is 10.1. The average Bonchev–Trinajstić information content (AvgIpc) is 2.07. The van der Waals surface area contributed by atoms with Gasteiger partial charge in [-0.2, -0.15) is 0 Å². The third-order valence-electron chi connectivity index (χ3n) is 2.46. The van der Waals surface area contributed by atoms with Crippen LogP contribution in [0.25, 0.3) is 0 Å². The molecule has 1 saturated heterocycles. The van der Waals surface area contributed by atoms with Gasteiger partial charge in [-0.25, -0.2) is 0 Å². The third kappa shape index (κ3) is 4.03. The summed E-state index contributed by atoms with van der Waals surface area (Å²) < 4.78 is 0. The maximum Gasteiger partial charge on any atom is 0.169 e. The number of hydrogen-bond acceptors (Lipinski definition) is 3. The first-order valence-corrected chi connectivity index (χ1v) is 5.23. The van der Waals surface area contributed by atoms with Crippen molar-refractivity contribution in [3.63, 3.8) is 0 Å². The molecule has 0 aromatic rings. The number of carbonyl (C=O) groups is 1. The Balaban J connectivity index is 2.31. The van der Waals surface area contributed by atoms with E-state index in [0.717, 1.165) is 31.5 Å². The van der Waals surface area contributed by atoms with Gasteiger partial charge < -0.3 is 5.73 Å². The molecule has 3 nitrogen and oxygen atoms in total. The number of hydrogen-bond donors (Lipinski definition) is 1. The van der Waals surface area contributed by atoms with E-state index in [4.69, 9.17) is 5.73 Å². The fourth-order valence-electron chi connectivity index (χ4n) is 1.70. The van der Waals surface area contributed by atoms with Crippen LogP contribution in [0, 0.1) is 0 Å². The molecule has 1 heterocycles. The molecule has 2 N–H and O–H groups in total. The molecular weight excluding hydrogens is 176 g/mol. The van der Waals surface area contributed by atoms with E-state index in [2.05, 4.69) is 4.90 Å². The molecule has 14 heavy (non-hydrogen) atoms. The van der Waals surface area contributed by atoms with Crippen molar-refractivity contribution in [3.8, 4) is 0 Å². The van der Waals surface area contributed by atoms with E-state index < -0.39 is 0 Å². The van der Waals surface area contributed by atoms with Crippen molar-refractivity contribution in [2.75, 3.05) is 19.6 Å². The van der Waals surface area contributed by atoms with Gasteiger partial charge in [0.25, 0.3) is 0 Å². The molecule has 1 aliphatic heterocycles. The molecule has 0 saturated carbocycles. The molecule has 0 radical (unpaired) electrons. The number of piperidine rings is 1. The second kappa shape index (κ2) is 5.27. The van der Waals surface area contributed by atoms with Crippen LogP contribution in [0.1, 0.15) is 26.7 Å².